The van der Waals surface area contributed by atoms with Crippen molar-refractivity contribution >= 4 is 12.6 Å². The van der Waals surface area contributed by atoms with Crippen molar-refractivity contribution in [3.8, 4) is 16.9 Å². The molecule has 1 nitrogen and oxygen atoms in total. The summed E-state index contributed by atoms with van der Waals surface area (Å²) in [5.41, 5.74) is -1.88. The van der Waals surface area contributed by atoms with E-state index < -0.39 is 52.1 Å². The zero-order valence-electron chi connectivity index (χ0n) is 18.5. The average Bonchev–Trinajstić information content (AvgIpc) is 2.76. The molecule has 35 heavy (non-hydrogen) atoms. The Labute approximate surface area is 203 Å². The molecule has 9 heteroatoms. The van der Waals surface area contributed by atoms with Gasteiger partial charge in [0.1, 0.15) is 40.4 Å². The van der Waals surface area contributed by atoms with Gasteiger partial charge in [-0.2, -0.15) is 21.4 Å². The first kappa shape index (κ1) is 25.4. The number of rotatable bonds is 5. The third kappa shape index (κ3) is 5.29. The van der Waals surface area contributed by atoms with Crippen molar-refractivity contribution < 1.29 is 35.5 Å². The SMILES string of the molecule is Cc1c(F)cc(OC(F)(F)c2c(F)cc(-c3ccc(C4CCC(S)CC4)cc3F)cc2F)cc1F. The smallest absolute Gasteiger partial charge is 0.429 e. The maximum atomic E-state index is 14.9. The minimum absolute atomic E-state index is 0.144. The summed E-state index contributed by atoms with van der Waals surface area (Å²) in [5.74, 6) is -7.27. The highest BCUT2D eigenvalue weighted by Crippen LogP contribution is 2.39. The van der Waals surface area contributed by atoms with Gasteiger partial charge < -0.3 is 4.74 Å². The van der Waals surface area contributed by atoms with Crippen LogP contribution in [0.15, 0.2) is 42.5 Å². The first-order valence-electron chi connectivity index (χ1n) is 11.0. The quantitative estimate of drug-likeness (QED) is 0.266. The van der Waals surface area contributed by atoms with Gasteiger partial charge in [0.05, 0.1) is 0 Å². The largest absolute Gasteiger partial charge is 0.432 e. The third-order valence-corrected chi connectivity index (χ3v) is 6.82. The van der Waals surface area contributed by atoms with E-state index in [2.05, 4.69) is 17.4 Å². The molecule has 0 aliphatic heterocycles. The molecule has 1 aliphatic carbocycles. The normalized spacial score (nSPS) is 18.5. The molecule has 0 N–H and O–H groups in total. The monoisotopic (exact) mass is 514 g/mol. The van der Waals surface area contributed by atoms with Crippen molar-refractivity contribution in [2.24, 2.45) is 0 Å². The van der Waals surface area contributed by atoms with Crippen LogP contribution in [0.2, 0.25) is 0 Å². The summed E-state index contributed by atoms with van der Waals surface area (Å²) >= 11 is 4.45. The standard InChI is InChI=1S/C26H21F7OS/c1-13-20(27)11-17(12-21(13)28)34-26(32,33)25-23(30)9-16(10-24(25)31)19-7-4-15(8-22(19)29)14-2-5-18(35)6-3-14/h4,7-12,14,18,35H,2-3,5-6H2,1H3. The van der Waals surface area contributed by atoms with Gasteiger partial charge in [-0.1, -0.05) is 12.1 Å². The molecule has 3 aromatic rings. The molecule has 1 saturated carbocycles. The lowest BCUT2D eigenvalue weighted by atomic mass is 9.83. The highest BCUT2D eigenvalue weighted by molar-refractivity contribution is 7.80. The summed E-state index contributed by atoms with van der Waals surface area (Å²) in [7, 11) is 0. The molecule has 0 heterocycles. The maximum absolute atomic E-state index is 14.9. The van der Waals surface area contributed by atoms with Crippen LogP contribution >= 0.6 is 12.6 Å². The number of halogens is 7. The molecule has 1 aliphatic rings. The van der Waals surface area contributed by atoms with Crippen molar-refractivity contribution in [3.63, 3.8) is 0 Å². The summed E-state index contributed by atoms with van der Waals surface area (Å²) in [6.45, 7) is 1.09. The van der Waals surface area contributed by atoms with E-state index in [0.29, 0.717) is 29.5 Å². The molecule has 0 saturated heterocycles. The van der Waals surface area contributed by atoms with Crippen LogP contribution < -0.4 is 4.74 Å². The fraction of sp³-hybridized carbons (Fsp3) is 0.308. The predicted molar refractivity (Wildman–Crippen MR) is 121 cm³/mol. The van der Waals surface area contributed by atoms with Crippen LogP contribution in [0.25, 0.3) is 11.1 Å². The highest BCUT2D eigenvalue weighted by atomic mass is 32.1. The molecule has 0 amide bonds. The van der Waals surface area contributed by atoms with Crippen LogP contribution in [0, 0.1) is 36.0 Å². The molecule has 0 radical (unpaired) electrons. The van der Waals surface area contributed by atoms with Crippen LogP contribution in [-0.2, 0) is 6.11 Å². The second-order valence-corrected chi connectivity index (χ2v) is 9.42. The Balaban J connectivity index is 1.62. The fourth-order valence-electron chi connectivity index (χ4n) is 4.32. The molecule has 1 fully saturated rings. The maximum Gasteiger partial charge on any atom is 0.432 e. The minimum atomic E-state index is -4.60. The Hall–Kier alpha value is -2.68. The molecule has 0 spiro atoms. The fourth-order valence-corrected chi connectivity index (χ4v) is 4.61. The Bertz CT molecular complexity index is 1210. The summed E-state index contributed by atoms with van der Waals surface area (Å²) < 4.78 is 105. The van der Waals surface area contributed by atoms with E-state index in [0.717, 1.165) is 38.2 Å². The van der Waals surface area contributed by atoms with Gasteiger partial charge in [-0.05, 0) is 67.9 Å². The molecule has 0 unspecified atom stereocenters. The van der Waals surface area contributed by atoms with Gasteiger partial charge in [-0.25, -0.2) is 22.0 Å². The Morgan fingerprint density at radius 3 is 1.89 bits per heavy atom. The van der Waals surface area contributed by atoms with E-state index in [1.807, 2.05) is 0 Å². The number of benzene rings is 3. The van der Waals surface area contributed by atoms with Crippen molar-refractivity contribution in [1.82, 2.24) is 0 Å². The Morgan fingerprint density at radius 2 is 1.34 bits per heavy atom. The molecule has 0 atom stereocenters. The van der Waals surface area contributed by atoms with Crippen molar-refractivity contribution in [2.45, 2.75) is 49.9 Å². The lowest BCUT2D eigenvalue weighted by Gasteiger charge is -2.26. The Morgan fingerprint density at radius 1 is 0.771 bits per heavy atom. The summed E-state index contributed by atoms with van der Waals surface area (Å²) in [6, 6.07) is 6.40. The topological polar surface area (TPSA) is 9.23 Å². The second-order valence-electron chi connectivity index (χ2n) is 8.69. The van der Waals surface area contributed by atoms with Gasteiger partial charge >= 0.3 is 6.11 Å². The minimum Gasteiger partial charge on any atom is -0.429 e. The van der Waals surface area contributed by atoms with Crippen LogP contribution in [0.4, 0.5) is 30.7 Å². The van der Waals surface area contributed by atoms with Gasteiger partial charge in [0.15, 0.2) is 0 Å². The van der Waals surface area contributed by atoms with Crippen molar-refractivity contribution in [1.29, 1.82) is 0 Å². The number of ether oxygens (including phenoxy) is 1. The molecular formula is C26H21F7OS. The van der Waals surface area contributed by atoms with Crippen molar-refractivity contribution in [2.75, 3.05) is 0 Å². The van der Waals surface area contributed by atoms with E-state index in [9.17, 15) is 30.7 Å². The zero-order chi connectivity index (χ0) is 25.5. The molecule has 3 aromatic carbocycles. The third-order valence-electron chi connectivity index (χ3n) is 6.31. The number of thiol groups is 1. The molecular weight excluding hydrogens is 493 g/mol. The van der Waals surface area contributed by atoms with E-state index in [1.165, 1.54) is 12.1 Å². The average molecular weight is 515 g/mol. The summed E-state index contributed by atoms with van der Waals surface area (Å²) in [6.07, 6.45) is -1.13. The molecule has 0 aromatic heterocycles. The Kier molecular flexibility index (Phi) is 7.09. The predicted octanol–water partition coefficient (Wildman–Crippen LogP) is 8.44. The first-order valence-corrected chi connectivity index (χ1v) is 11.5. The number of hydrogen-bond acceptors (Lipinski definition) is 2. The summed E-state index contributed by atoms with van der Waals surface area (Å²) in [5, 5.41) is 0.311. The molecule has 186 valence electrons. The van der Waals surface area contributed by atoms with E-state index in [-0.39, 0.29) is 17.0 Å². The van der Waals surface area contributed by atoms with Crippen LogP contribution in [-0.4, -0.2) is 5.25 Å². The first-order chi connectivity index (χ1) is 16.5. The van der Waals surface area contributed by atoms with Gasteiger partial charge in [-0.3, -0.25) is 0 Å². The van der Waals surface area contributed by atoms with Crippen LogP contribution in [0.3, 0.4) is 0 Å². The van der Waals surface area contributed by atoms with E-state index in [1.54, 1.807) is 6.07 Å². The van der Waals surface area contributed by atoms with E-state index >= 15 is 0 Å². The number of alkyl halides is 2. The van der Waals surface area contributed by atoms with E-state index in [4.69, 9.17) is 0 Å². The van der Waals surface area contributed by atoms with Crippen LogP contribution in [0.5, 0.6) is 5.75 Å². The van der Waals surface area contributed by atoms with Gasteiger partial charge in [0.25, 0.3) is 0 Å². The lowest BCUT2D eigenvalue weighted by Crippen LogP contribution is -2.25. The zero-order valence-corrected chi connectivity index (χ0v) is 19.4. The second kappa shape index (κ2) is 9.76. The molecule has 0 bridgehead atoms. The van der Waals surface area contributed by atoms with Crippen molar-refractivity contribution in [3.05, 3.63) is 88.2 Å². The van der Waals surface area contributed by atoms with Gasteiger partial charge in [0.2, 0.25) is 0 Å². The summed E-state index contributed by atoms with van der Waals surface area (Å²) in [4.78, 5) is 0. The van der Waals surface area contributed by atoms with Gasteiger partial charge in [0, 0.05) is 28.5 Å². The van der Waals surface area contributed by atoms with Crippen LogP contribution in [0.1, 0.15) is 48.3 Å². The lowest BCUT2D eigenvalue weighted by molar-refractivity contribution is -0.189. The van der Waals surface area contributed by atoms with Gasteiger partial charge in [-0.15, -0.1) is 0 Å². The highest BCUT2D eigenvalue weighted by Gasteiger charge is 2.41. The molecule has 4 rings (SSSR count). The number of hydrogen-bond donors (Lipinski definition) is 1.